The van der Waals surface area contributed by atoms with Crippen LogP contribution in [0.1, 0.15) is 19.3 Å². The maximum Gasteiger partial charge on any atom is 0.230 e. The first-order chi connectivity index (χ1) is 6.77. The second-order valence-electron chi connectivity index (χ2n) is 3.43. The van der Waals surface area contributed by atoms with E-state index in [0.717, 1.165) is 19.3 Å². The third-order valence-electron chi connectivity index (χ3n) is 2.50. The molecule has 0 bridgehead atoms. The summed E-state index contributed by atoms with van der Waals surface area (Å²) in [5.74, 6) is -0.0781. The molecule has 76 valence electrons. The first-order valence-corrected chi connectivity index (χ1v) is 5.48. The summed E-state index contributed by atoms with van der Waals surface area (Å²) in [5.41, 5.74) is 7.40. The standard InChI is InChI=1S/C8H12N4OS/c9-6-3-1-2-5(6)7(13)11-8-12-10-4-14-8/h4-6H,1-3,9H2,(H,11,12,13). The van der Waals surface area contributed by atoms with Gasteiger partial charge in [-0.3, -0.25) is 4.79 Å². The van der Waals surface area contributed by atoms with Gasteiger partial charge in [-0.15, -0.1) is 10.2 Å². The monoisotopic (exact) mass is 212 g/mol. The van der Waals surface area contributed by atoms with Crippen molar-refractivity contribution in [3.63, 3.8) is 0 Å². The van der Waals surface area contributed by atoms with Gasteiger partial charge in [0.1, 0.15) is 5.51 Å². The molecular weight excluding hydrogens is 200 g/mol. The van der Waals surface area contributed by atoms with Crippen LogP contribution >= 0.6 is 11.3 Å². The molecule has 2 atom stereocenters. The molecule has 1 heterocycles. The number of carbonyl (C=O) groups is 1. The van der Waals surface area contributed by atoms with Crippen molar-refractivity contribution in [3.8, 4) is 0 Å². The van der Waals surface area contributed by atoms with E-state index in [1.165, 1.54) is 11.3 Å². The van der Waals surface area contributed by atoms with Crippen molar-refractivity contribution < 1.29 is 4.79 Å². The molecule has 5 nitrogen and oxygen atoms in total. The first-order valence-electron chi connectivity index (χ1n) is 4.60. The highest BCUT2D eigenvalue weighted by Gasteiger charge is 2.30. The van der Waals surface area contributed by atoms with Gasteiger partial charge in [-0.05, 0) is 12.8 Å². The predicted octanol–water partition coefficient (Wildman–Crippen LogP) is 0.604. The molecule has 1 fully saturated rings. The van der Waals surface area contributed by atoms with Gasteiger partial charge < -0.3 is 11.1 Å². The van der Waals surface area contributed by atoms with Gasteiger partial charge in [0.2, 0.25) is 11.0 Å². The lowest BCUT2D eigenvalue weighted by Crippen LogP contribution is -2.34. The van der Waals surface area contributed by atoms with E-state index < -0.39 is 0 Å². The Bertz CT molecular complexity index is 313. The fourth-order valence-corrected chi connectivity index (χ4v) is 2.19. The van der Waals surface area contributed by atoms with Crippen molar-refractivity contribution in [3.05, 3.63) is 5.51 Å². The van der Waals surface area contributed by atoms with Crippen LogP contribution < -0.4 is 11.1 Å². The molecule has 14 heavy (non-hydrogen) atoms. The highest BCUT2D eigenvalue weighted by atomic mass is 32.1. The lowest BCUT2D eigenvalue weighted by Gasteiger charge is -2.13. The van der Waals surface area contributed by atoms with Crippen LogP contribution in [-0.4, -0.2) is 22.1 Å². The number of carbonyl (C=O) groups excluding carboxylic acids is 1. The zero-order chi connectivity index (χ0) is 9.97. The third kappa shape index (κ3) is 1.91. The molecule has 1 aliphatic carbocycles. The summed E-state index contributed by atoms with van der Waals surface area (Å²) in [6, 6.07) is 0.00271. The van der Waals surface area contributed by atoms with Crippen LogP contribution in [0.15, 0.2) is 5.51 Å². The molecule has 1 saturated carbocycles. The number of nitrogens with zero attached hydrogens (tertiary/aromatic N) is 2. The number of nitrogens with two attached hydrogens (primary N) is 1. The van der Waals surface area contributed by atoms with Crippen LogP contribution in [0.4, 0.5) is 5.13 Å². The van der Waals surface area contributed by atoms with Crippen molar-refractivity contribution in [1.29, 1.82) is 0 Å². The van der Waals surface area contributed by atoms with Crippen molar-refractivity contribution in [2.45, 2.75) is 25.3 Å². The Morgan fingerprint density at radius 1 is 1.64 bits per heavy atom. The fourth-order valence-electron chi connectivity index (χ4n) is 1.74. The van der Waals surface area contributed by atoms with Gasteiger partial charge >= 0.3 is 0 Å². The minimum atomic E-state index is -0.0566. The maximum absolute atomic E-state index is 11.7. The molecule has 2 unspecified atom stereocenters. The summed E-state index contributed by atoms with van der Waals surface area (Å²) in [4.78, 5) is 11.7. The molecular formula is C8H12N4OS. The van der Waals surface area contributed by atoms with E-state index in [-0.39, 0.29) is 17.9 Å². The normalized spacial score (nSPS) is 26.4. The molecule has 1 aliphatic rings. The molecule has 3 N–H and O–H groups in total. The Labute approximate surface area is 85.7 Å². The zero-order valence-electron chi connectivity index (χ0n) is 7.64. The average Bonchev–Trinajstić information content (AvgIpc) is 2.75. The van der Waals surface area contributed by atoms with Gasteiger partial charge in [-0.1, -0.05) is 17.8 Å². The lowest BCUT2D eigenvalue weighted by atomic mass is 10.0. The van der Waals surface area contributed by atoms with Gasteiger partial charge in [-0.2, -0.15) is 0 Å². The summed E-state index contributed by atoms with van der Waals surface area (Å²) in [6.07, 6.45) is 2.86. The molecule has 1 aromatic rings. The molecule has 0 saturated heterocycles. The van der Waals surface area contributed by atoms with Crippen molar-refractivity contribution >= 4 is 22.4 Å². The molecule has 0 spiro atoms. The number of anilines is 1. The van der Waals surface area contributed by atoms with Crippen LogP contribution in [0.3, 0.4) is 0 Å². The van der Waals surface area contributed by atoms with Crippen LogP contribution in [0.2, 0.25) is 0 Å². The second-order valence-corrected chi connectivity index (χ2v) is 4.27. The molecule has 6 heteroatoms. The zero-order valence-corrected chi connectivity index (χ0v) is 8.46. The van der Waals surface area contributed by atoms with Crippen molar-refractivity contribution in [2.24, 2.45) is 11.7 Å². The highest BCUT2D eigenvalue weighted by Crippen LogP contribution is 2.25. The minimum Gasteiger partial charge on any atom is -0.327 e. The van der Waals surface area contributed by atoms with Crippen LogP contribution in [0, 0.1) is 5.92 Å². The summed E-state index contributed by atoms with van der Waals surface area (Å²) in [6.45, 7) is 0. The minimum absolute atomic E-state index is 0.00271. The molecule has 0 radical (unpaired) electrons. The Morgan fingerprint density at radius 3 is 3.07 bits per heavy atom. The van der Waals surface area contributed by atoms with E-state index in [2.05, 4.69) is 15.5 Å². The molecule has 0 aromatic carbocycles. The first kappa shape index (κ1) is 9.54. The summed E-state index contributed by atoms with van der Waals surface area (Å²) >= 11 is 1.32. The van der Waals surface area contributed by atoms with Gasteiger partial charge in [-0.25, -0.2) is 0 Å². The number of nitrogens with one attached hydrogen (secondary N) is 1. The number of aromatic nitrogens is 2. The van der Waals surface area contributed by atoms with E-state index in [9.17, 15) is 4.79 Å². The highest BCUT2D eigenvalue weighted by molar-refractivity contribution is 7.13. The van der Waals surface area contributed by atoms with E-state index in [1.54, 1.807) is 5.51 Å². The third-order valence-corrected chi connectivity index (χ3v) is 3.10. The van der Waals surface area contributed by atoms with Crippen molar-refractivity contribution in [1.82, 2.24) is 10.2 Å². The summed E-state index contributed by atoms with van der Waals surface area (Å²) < 4.78 is 0. The Balaban J connectivity index is 1.95. The van der Waals surface area contributed by atoms with Gasteiger partial charge in [0, 0.05) is 6.04 Å². The van der Waals surface area contributed by atoms with Crippen molar-refractivity contribution in [2.75, 3.05) is 5.32 Å². The Kier molecular flexibility index (Phi) is 2.74. The van der Waals surface area contributed by atoms with E-state index in [0.29, 0.717) is 5.13 Å². The van der Waals surface area contributed by atoms with E-state index in [4.69, 9.17) is 5.73 Å². The smallest absolute Gasteiger partial charge is 0.230 e. The number of rotatable bonds is 2. The number of hydrogen-bond donors (Lipinski definition) is 2. The second kappa shape index (κ2) is 4.02. The topological polar surface area (TPSA) is 80.9 Å². The van der Waals surface area contributed by atoms with Gasteiger partial charge in [0.05, 0.1) is 5.92 Å². The SMILES string of the molecule is NC1CCCC1C(=O)Nc1nncs1. The molecule has 1 aromatic heterocycles. The van der Waals surface area contributed by atoms with Crippen LogP contribution in [0.25, 0.3) is 0 Å². The number of amides is 1. The van der Waals surface area contributed by atoms with Gasteiger partial charge in [0.15, 0.2) is 0 Å². The maximum atomic E-state index is 11.7. The van der Waals surface area contributed by atoms with E-state index >= 15 is 0 Å². The van der Waals surface area contributed by atoms with E-state index in [1.807, 2.05) is 0 Å². The van der Waals surface area contributed by atoms with Gasteiger partial charge in [0.25, 0.3) is 0 Å². The quantitative estimate of drug-likeness (QED) is 0.752. The molecule has 2 rings (SSSR count). The summed E-state index contributed by atoms with van der Waals surface area (Å²) in [5, 5.41) is 10.7. The van der Waals surface area contributed by atoms with Crippen LogP contribution in [0.5, 0.6) is 0 Å². The molecule has 0 aliphatic heterocycles. The Morgan fingerprint density at radius 2 is 2.50 bits per heavy atom. The van der Waals surface area contributed by atoms with Crippen LogP contribution in [-0.2, 0) is 4.79 Å². The average molecular weight is 212 g/mol. The molecule has 1 amide bonds. The predicted molar refractivity (Wildman–Crippen MR) is 53.9 cm³/mol. The largest absolute Gasteiger partial charge is 0.327 e. The Hall–Kier alpha value is -1.01. The summed E-state index contributed by atoms with van der Waals surface area (Å²) in [7, 11) is 0. The fraction of sp³-hybridized carbons (Fsp3) is 0.625. The number of hydrogen-bond acceptors (Lipinski definition) is 5. The lowest BCUT2D eigenvalue weighted by molar-refractivity contribution is -0.120.